The summed E-state index contributed by atoms with van der Waals surface area (Å²) in [6.45, 7) is 0. The summed E-state index contributed by atoms with van der Waals surface area (Å²) in [5, 5.41) is 10.0. The first-order valence-corrected chi connectivity index (χ1v) is 16.2. The molecule has 0 fully saturated rings. The predicted octanol–water partition coefficient (Wildman–Crippen LogP) is 13.1. The fourth-order valence-electron chi connectivity index (χ4n) is 7.19. The Morgan fingerprint density at radius 2 is 0.894 bits per heavy atom. The van der Waals surface area contributed by atoms with Crippen molar-refractivity contribution in [3.63, 3.8) is 0 Å². The van der Waals surface area contributed by atoms with E-state index < -0.39 is 0 Å². The molecule has 0 spiro atoms. The molecule has 9 rings (SSSR count). The first kappa shape index (κ1) is 27.2. The summed E-state index contributed by atoms with van der Waals surface area (Å²) in [6, 6.07) is 68.3. The zero-order valence-corrected chi connectivity index (χ0v) is 25.8. The standard InChI is InChI=1S/C46H31N/c1-2-12-32(13-3-1)36-18-10-19-39(30-36)47(38-27-24-35(25-28-38)41-23-11-17-33-14-4-7-20-40(33)41)45-31-37-16-6-9-22-43(37)46-42-21-8-5-15-34(42)26-29-44(45)46/h1-31H. The van der Waals surface area contributed by atoms with Gasteiger partial charge >= 0.3 is 0 Å². The Balaban J connectivity index is 1.30. The molecular formula is C46H31N. The molecule has 220 valence electrons. The Hall–Kier alpha value is -6.18. The highest BCUT2D eigenvalue weighted by molar-refractivity contribution is 6.24. The molecule has 0 aliphatic carbocycles. The highest BCUT2D eigenvalue weighted by Crippen LogP contribution is 2.45. The maximum atomic E-state index is 2.43. The van der Waals surface area contributed by atoms with E-state index in [1.165, 1.54) is 65.3 Å². The second kappa shape index (κ2) is 11.3. The SMILES string of the molecule is c1ccc(-c2cccc(N(c3ccc(-c4cccc5ccccc45)cc3)c3cc4ccccc4c4c3ccc3ccccc34)c2)cc1. The van der Waals surface area contributed by atoms with Crippen LogP contribution in [0.5, 0.6) is 0 Å². The summed E-state index contributed by atoms with van der Waals surface area (Å²) in [6.07, 6.45) is 0. The van der Waals surface area contributed by atoms with Crippen LogP contribution in [0.2, 0.25) is 0 Å². The molecular weight excluding hydrogens is 567 g/mol. The molecule has 1 heteroatoms. The number of fused-ring (bicyclic) bond motifs is 6. The molecule has 0 atom stereocenters. The topological polar surface area (TPSA) is 3.24 Å². The predicted molar refractivity (Wildman–Crippen MR) is 202 cm³/mol. The van der Waals surface area contributed by atoms with Gasteiger partial charge in [-0.1, -0.05) is 158 Å². The van der Waals surface area contributed by atoms with E-state index in [1.54, 1.807) is 0 Å². The van der Waals surface area contributed by atoms with Gasteiger partial charge < -0.3 is 4.90 Å². The molecule has 0 heterocycles. The molecule has 0 bridgehead atoms. The van der Waals surface area contributed by atoms with Gasteiger partial charge in [0.1, 0.15) is 0 Å². The fraction of sp³-hybridized carbons (Fsp3) is 0. The molecule has 0 radical (unpaired) electrons. The first-order chi connectivity index (χ1) is 23.3. The van der Waals surface area contributed by atoms with Gasteiger partial charge in [-0.3, -0.25) is 0 Å². The summed E-state index contributed by atoms with van der Waals surface area (Å²) in [5.41, 5.74) is 8.24. The zero-order valence-electron chi connectivity index (χ0n) is 25.8. The Kier molecular flexibility index (Phi) is 6.54. The van der Waals surface area contributed by atoms with Crippen molar-refractivity contribution in [3.05, 3.63) is 188 Å². The van der Waals surface area contributed by atoms with Crippen LogP contribution in [0, 0.1) is 0 Å². The normalized spacial score (nSPS) is 11.4. The van der Waals surface area contributed by atoms with Gasteiger partial charge in [0.25, 0.3) is 0 Å². The summed E-state index contributed by atoms with van der Waals surface area (Å²) >= 11 is 0. The van der Waals surface area contributed by atoms with Crippen molar-refractivity contribution in [2.45, 2.75) is 0 Å². The van der Waals surface area contributed by atoms with Crippen LogP contribution in [0.1, 0.15) is 0 Å². The van der Waals surface area contributed by atoms with Crippen LogP contribution in [-0.2, 0) is 0 Å². The molecule has 0 unspecified atom stereocenters. The molecule has 0 aliphatic rings. The Bertz CT molecular complexity index is 2540. The van der Waals surface area contributed by atoms with Crippen LogP contribution in [0.15, 0.2) is 188 Å². The quantitative estimate of drug-likeness (QED) is 0.178. The molecule has 47 heavy (non-hydrogen) atoms. The number of anilines is 3. The van der Waals surface area contributed by atoms with Crippen LogP contribution in [0.25, 0.3) is 65.3 Å². The van der Waals surface area contributed by atoms with Gasteiger partial charge in [0, 0.05) is 16.8 Å². The average molecular weight is 598 g/mol. The van der Waals surface area contributed by atoms with Crippen molar-refractivity contribution in [1.29, 1.82) is 0 Å². The van der Waals surface area contributed by atoms with E-state index in [-0.39, 0.29) is 0 Å². The minimum absolute atomic E-state index is 1.11. The van der Waals surface area contributed by atoms with Crippen LogP contribution >= 0.6 is 0 Å². The molecule has 0 aliphatic heterocycles. The second-order valence-electron chi connectivity index (χ2n) is 12.2. The fourth-order valence-corrected chi connectivity index (χ4v) is 7.19. The smallest absolute Gasteiger partial charge is 0.0546 e. The van der Waals surface area contributed by atoms with E-state index in [0.29, 0.717) is 0 Å². The van der Waals surface area contributed by atoms with Crippen molar-refractivity contribution < 1.29 is 0 Å². The number of hydrogen-bond donors (Lipinski definition) is 0. The lowest BCUT2D eigenvalue weighted by Gasteiger charge is -2.28. The van der Waals surface area contributed by atoms with Gasteiger partial charge in [0.15, 0.2) is 0 Å². The Morgan fingerprint density at radius 3 is 1.68 bits per heavy atom. The highest BCUT2D eigenvalue weighted by atomic mass is 15.1. The van der Waals surface area contributed by atoms with Crippen LogP contribution in [-0.4, -0.2) is 0 Å². The van der Waals surface area contributed by atoms with E-state index in [1.807, 2.05) is 0 Å². The molecule has 1 nitrogen and oxygen atoms in total. The van der Waals surface area contributed by atoms with Gasteiger partial charge in [-0.05, 0) is 90.3 Å². The van der Waals surface area contributed by atoms with E-state index in [4.69, 9.17) is 0 Å². The number of rotatable bonds is 5. The van der Waals surface area contributed by atoms with E-state index in [2.05, 4.69) is 193 Å². The minimum Gasteiger partial charge on any atom is -0.310 e. The average Bonchev–Trinajstić information content (AvgIpc) is 3.15. The van der Waals surface area contributed by atoms with Crippen molar-refractivity contribution in [2.24, 2.45) is 0 Å². The maximum absolute atomic E-state index is 2.43. The lowest BCUT2D eigenvalue weighted by Crippen LogP contribution is -2.11. The number of benzene rings is 9. The van der Waals surface area contributed by atoms with Gasteiger partial charge in [-0.2, -0.15) is 0 Å². The van der Waals surface area contributed by atoms with Crippen molar-refractivity contribution in [3.8, 4) is 22.3 Å². The van der Waals surface area contributed by atoms with Gasteiger partial charge in [0.05, 0.1) is 5.69 Å². The number of nitrogens with zero attached hydrogens (tertiary/aromatic N) is 1. The van der Waals surface area contributed by atoms with Crippen LogP contribution in [0.3, 0.4) is 0 Å². The maximum Gasteiger partial charge on any atom is 0.0546 e. The second-order valence-corrected chi connectivity index (χ2v) is 12.2. The first-order valence-electron chi connectivity index (χ1n) is 16.2. The van der Waals surface area contributed by atoms with Gasteiger partial charge in [0.2, 0.25) is 0 Å². The molecule has 0 amide bonds. The third kappa shape index (κ3) is 4.72. The summed E-state index contributed by atoms with van der Waals surface area (Å²) in [7, 11) is 0. The lowest BCUT2D eigenvalue weighted by molar-refractivity contribution is 1.30. The molecule has 0 saturated carbocycles. The summed E-state index contributed by atoms with van der Waals surface area (Å²) < 4.78 is 0. The molecule has 0 aromatic heterocycles. The van der Waals surface area contributed by atoms with E-state index >= 15 is 0 Å². The van der Waals surface area contributed by atoms with Crippen LogP contribution in [0.4, 0.5) is 17.1 Å². The largest absolute Gasteiger partial charge is 0.310 e. The van der Waals surface area contributed by atoms with Crippen molar-refractivity contribution >= 4 is 60.2 Å². The van der Waals surface area contributed by atoms with Gasteiger partial charge in [-0.15, -0.1) is 0 Å². The van der Waals surface area contributed by atoms with E-state index in [0.717, 1.165) is 17.1 Å². The highest BCUT2D eigenvalue weighted by Gasteiger charge is 2.19. The minimum atomic E-state index is 1.11. The molecule has 9 aromatic rings. The molecule has 9 aromatic carbocycles. The third-order valence-corrected chi connectivity index (χ3v) is 9.41. The lowest BCUT2D eigenvalue weighted by atomic mass is 9.94. The monoisotopic (exact) mass is 597 g/mol. The van der Waals surface area contributed by atoms with E-state index in [9.17, 15) is 0 Å². The third-order valence-electron chi connectivity index (χ3n) is 9.41. The Morgan fingerprint density at radius 1 is 0.298 bits per heavy atom. The summed E-state index contributed by atoms with van der Waals surface area (Å²) in [4.78, 5) is 2.43. The number of hydrogen-bond acceptors (Lipinski definition) is 1. The van der Waals surface area contributed by atoms with Crippen LogP contribution < -0.4 is 4.90 Å². The molecule has 0 saturated heterocycles. The van der Waals surface area contributed by atoms with Crippen molar-refractivity contribution in [1.82, 2.24) is 0 Å². The Labute approximate surface area is 274 Å². The zero-order chi connectivity index (χ0) is 31.2. The molecule has 0 N–H and O–H groups in total. The summed E-state index contributed by atoms with van der Waals surface area (Å²) in [5.74, 6) is 0. The van der Waals surface area contributed by atoms with Gasteiger partial charge in [-0.25, -0.2) is 0 Å². The van der Waals surface area contributed by atoms with Crippen molar-refractivity contribution in [2.75, 3.05) is 4.90 Å².